The fourth-order valence-corrected chi connectivity index (χ4v) is 1.78. The van der Waals surface area contributed by atoms with Gasteiger partial charge in [-0.15, -0.1) is 0 Å². The molecule has 0 bridgehead atoms. The number of hydrogen-bond donors (Lipinski definition) is 1. The Hall–Kier alpha value is -1.61. The standard InChI is InChI=1S/C15H21N3/c1-11(2)16-8-14-9-17-18(10-14)15-6-5-12(3)13(4)7-15/h5-7,9-11,16H,8H2,1-4H3. The Labute approximate surface area is 109 Å². The summed E-state index contributed by atoms with van der Waals surface area (Å²) in [6.07, 6.45) is 4.00. The second kappa shape index (κ2) is 5.36. The summed E-state index contributed by atoms with van der Waals surface area (Å²) in [6, 6.07) is 6.91. The Morgan fingerprint density at radius 3 is 2.67 bits per heavy atom. The number of rotatable bonds is 4. The van der Waals surface area contributed by atoms with Crippen molar-refractivity contribution in [1.29, 1.82) is 0 Å². The molecule has 0 aliphatic rings. The number of aryl methyl sites for hydroxylation is 2. The molecule has 1 heterocycles. The first-order valence-corrected chi connectivity index (χ1v) is 6.41. The van der Waals surface area contributed by atoms with E-state index in [0.29, 0.717) is 6.04 Å². The first-order chi connectivity index (χ1) is 8.56. The van der Waals surface area contributed by atoms with Gasteiger partial charge in [-0.25, -0.2) is 4.68 Å². The Morgan fingerprint density at radius 1 is 1.22 bits per heavy atom. The lowest BCUT2D eigenvalue weighted by Crippen LogP contribution is -2.21. The molecule has 1 aromatic heterocycles. The molecule has 0 aliphatic carbocycles. The van der Waals surface area contributed by atoms with Gasteiger partial charge in [-0.2, -0.15) is 5.10 Å². The van der Waals surface area contributed by atoms with Crippen LogP contribution in [0.3, 0.4) is 0 Å². The van der Waals surface area contributed by atoms with Crippen LogP contribution in [0.1, 0.15) is 30.5 Å². The summed E-state index contributed by atoms with van der Waals surface area (Å²) in [5, 5.41) is 7.81. The molecule has 3 nitrogen and oxygen atoms in total. The van der Waals surface area contributed by atoms with Crippen LogP contribution in [-0.4, -0.2) is 15.8 Å². The van der Waals surface area contributed by atoms with Crippen LogP contribution in [-0.2, 0) is 6.54 Å². The van der Waals surface area contributed by atoms with Crippen LogP contribution >= 0.6 is 0 Å². The summed E-state index contributed by atoms with van der Waals surface area (Å²) >= 11 is 0. The van der Waals surface area contributed by atoms with Crippen LogP contribution in [0, 0.1) is 13.8 Å². The molecule has 0 saturated heterocycles. The van der Waals surface area contributed by atoms with Crippen molar-refractivity contribution in [3.05, 3.63) is 47.3 Å². The van der Waals surface area contributed by atoms with Gasteiger partial charge in [0.2, 0.25) is 0 Å². The zero-order chi connectivity index (χ0) is 13.1. The van der Waals surface area contributed by atoms with Crippen LogP contribution in [0.4, 0.5) is 0 Å². The number of nitrogens with one attached hydrogen (secondary N) is 1. The fraction of sp³-hybridized carbons (Fsp3) is 0.400. The van der Waals surface area contributed by atoms with Crippen LogP contribution in [0.25, 0.3) is 5.69 Å². The van der Waals surface area contributed by atoms with E-state index in [1.165, 1.54) is 16.7 Å². The lowest BCUT2D eigenvalue weighted by molar-refractivity contribution is 0.589. The highest BCUT2D eigenvalue weighted by atomic mass is 15.3. The minimum Gasteiger partial charge on any atom is -0.310 e. The third kappa shape index (κ3) is 2.99. The van der Waals surface area contributed by atoms with E-state index in [-0.39, 0.29) is 0 Å². The van der Waals surface area contributed by atoms with Crippen LogP contribution in [0.15, 0.2) is 30.6 Å². The van der Waals surface area contributed by atoms with Crippen molar-refractivity contribution in [2.45, 2.75) is 40.3 Å². The maximum Gasteiger partial charge on any atom is 0.0648 e. The molecule has 2 aromatic rings. The van der Waals surface area contributed by atoms with E-state index in [2.05, 4.69) is 62.5 Å². The Kier molecular flexibility index (Phi) is 3.82. The molecule has 0 spiro atoms. The second-order valence-electron chi connectivity index (χ2n) is 5.10. The molecule has 0 saturated carbocycles. The summed E-state index contributed by atoms with van der Waals surface area (Å²) in [5.74, 6) is 0. The van der Waals surface area contributed by atoms with Crippen molar-refractivity contribution >= 4 is 0 Å². The highest BCUT2D eigenvalue weighted by Gasteiger charge is 2.03. The molecule has 0 amide bonds. The summed E-state index contributed by atoms with van der Waals surface area (Å²) in [5.41, 5.74) is 4.94. The first kappa shape index (κ1) is 12.8. The van der Waals surface area contributed by atoms with Crippen molar-refractivity contribution in [2.75, 3.05) is 0 Å². The fourth-order valence-electron chi connectivity index (χ4n) is 1.78. The Morgan fingerprint density at radius 2 is 2.00 bits per heavy atom. The smallest absolute Gasteiger partial charge is 0.0648 e. The summed E-state index contributed by atoms with van der Waals surface area (Å²) < 4.78 is 1.93. The predicted octanol–water partition coefficient (Wildman–Crippen LogP) is 2.99. The van der Waals surface area contributed by atoms with Crippen LogP contribution < -0.4 is 5.32 Å². The molecule has 0 aliphatic heterocycles. The van der Waals surface area contributed by atoms with E-state index in [1.807, 2.05) is 10.9 Å². The molecule has 1 aromatic carbocycles. The maximum atomic E-state index is 4.41. The van der Waals surface area contributed by atoms with Gasteiger partial charge < -0.3 is 5.32 Å². The molecular weight excluding hydrogens is 222 g/mol. The minimum atomic E-state index is 0.495. The van der Waals surface area contributed by atoms with Crippen LogP contribution in [0.2, 0.25) is 0 Å². The number of aromatic nitrogens is 2. The van der Waals surface area contributed by atoms with Crippen molar-refractivity contribution < 1.29 is 0 Å². The lowest BCUT2D eigenvalue weighted by Gasteiger charge is -2.06. The van der Waals surface area contributed by atoms with Gasteiger partial charge in [-0.05, 0) is 37.1 Å². The summed E-state index contributed by atoms with van der Waals surface area (Å²) in [6.45, 7) is 9.41. The van der Waals surface area contributed by atoms with Gasteiger partial charge >= 0.3 is 0 Å². The maximum absolute atomic E-state index is 4.41. The monoisotopic (exact) mass is 243 g/mol. The number of hydrogen-bond acceptors (Lipinski definition) is 2. The zero-order valence-electron chi connectivity index (χ0n) is 11.6. The second-order valence-corrected chi connectivity index (χ2v) is 5.10. The third-order valence-electron chi connectivity index (χ3n) is 3.11. The highest BCUT2D eigenvalue weighted by Crippen LogP contribution is 2.14. The van der Waals surface area contributed by atoms with E-state index in [1.54, 1.807) is 0 Å². The van der Waals surface area contributed by atoms with Gasteiger partial charge in [0.05, 0.1) is 11.9 Å². The minimum absolute atomic E-state index is 0.495. The van der Waals surface area contributed by atoms with Gasteiger partial charge in [0.15, 0.2) is 0 Å². The summed E-state index contributed by atoms with van der Waals surface area (Å²) in [4.78, 5) is 0. The van der Waals surface area contributed by atoms with Gasteiger partial charge in [-0.1, -0.05) is 19.9 Å². The molecule has 2 rings (SSSR count). The molecule has 1 N–H and O–H groups in total. The van der Waals surface area contributed by atoms with Gasteiger partial charge in [-0.3, -0.25) is 0 Å². The van der Waals surface area contributed by atoms with Crippen LogP contribution in [0.5, 0.6) is 0 Å². The number of nitrogens with zero attached hydrogens (tertiary/aromatic N) is 2. The average molecular weight is 243 g/mol. The number of benzene rings is 1. The average Bonchev–Trinajstić information content (AvgIpc) is 2.79. The van der Waals surface area contributed by atoms with Gasteiger partial charge in [0.25, 0.3) is 0 Å². The Bertz CT molecular complexity index is 526. The van der Waals surface area contributed by atoms with E-state index in [9.17, 15) is 0 Å². The van der Waals surface area contributed by atoms with E-state index < -0.39 is 0 Å². The zero-order valence-corrected chi connectivity index (χ0v) is 11.6. The molecule has 0 fully saturated rings. The van der Waals surface area contributed by atoms with E-state index in [0.717, 1.165) is 12.2 Å². The molecule has 0 atom stereocenters. The van der Waals surface area contributed by atoms with Crippen molar-refractivity contribution in [2.24, 2.45) is 0 Å². The molecule has 18 heavy (non-hydrogen) atoms. The predicted molar refractivity (Wildman–Crippen MR) is 75.0 cm³/mol. The van der Waals surface area contributed by atoms with Gasteiger partial charge in [0, 0.05) is 24.3 Å². The van der Waals surface area contributed by atoms with Crippen molar-refractivity contribution in [3.63, 3.8) is 0 Å². The molecule has 0 radical (unpaired) electrons. The lowest BCUT2D eigenvalue weighted by atomic mass is 10.1. The molecule has 0 unspecified atom stereocenters. The normalized spacial score (nSPS) is 11.2. The summed E-state index contributed by atoms with van der Waals surface area (Å²) in [7, 11) is 0. The largest absolute Gasteiger partial charge is 0.310 e. The molecule has 96 valence electrons. The molecule has 3 heteroatoms. The topological polar surface area (TPSA) is 29.9 Å². The van der Waals surface area contributed by atoms with E-state index in [4.69, 9.17) is 0 Å². The van der Waals surface area contributed by atoms with E-state index >= 15 is 0 Å². The SMILES string of the molecule is Cc1ccc(-n2cc(CNC(C)C)cn2)cc1C. The third-order valence-corrected chi connectivity index (χ3v) is 3.11. The Balaban J connectivity index is 2.16. The highest BCUT2D eigenvalue weighted by molar-refractivity contribution is 5.39. The van der Waals surface area contributed by atoms with Crippen molar-refractivity contribution in [1.82, 2.24) is 15.1 Å². The molecular formula is C15H21N3. The quantitative estimate of drug-likeness (QED) is 0.894. The first-order valence-electron chi connectivity index (χ1n) is 6.41. The van der Waals surface area contributed by atoms with Gasteiger partial charge in [0.1, 0.15) is 0 Å². The van der Waals surface area contributed by atoms with Crippen molar-refractivity contribution in [3.8, 4) is 5.69 Å².